The molecular formula is C14H20N3O9P. The molecule has 0 fully saturated rings. The number of hydrogen-bond donors (Lipinski definition) is 3. The molecule has 0 aliphatic carbocycles. The Morgan fingerprint density at radius 1 is 1.33 bits per heavy atom. The van der Waals surface area contributed by atoms with E-state index in [1.54, 1.807) is 24.3 Å². The third kappa shape index (κ3) is 9.68. The molecule has 2 atom stereocenters. The molecule has 1 aromatic carbocycles. The quantitative estimate of drug-likeness (QED) is 0.103. The first kappa shape index (κ1) is 22.5. The molecule has 150 valence electrons. The van der Waals surface area contributed by atoms with Crippen LogP contribution in [0.1, 0.15) is 18.9 Å². The zero-order chi connectivity index (χ0) is 20.4. The van der Waals surface area contributed by atoms with Crippen molar-refractivity contribution in [3.63, 3.8) is 0 Å². The highest BCUT2D eigenvalue weighted by atomic mass is 31.2. The zero-order valence-corrected chi connectivity index (χ0v) is 15.4. The summed E-state index contributed by atoms with van der Waals surface area (Å²) in [6, 6.07) is 9.04. The second-order valence-corrected chi connectivity index (χ2v) is 6.31. The molecule has 0 heterocycles. The van der Waals surface area contributed by atoms with E-state index < -0.39 is 32.1 Å². The Bertz CT molecular complexity index is 713. The van der Waals surface area contributed by atoms with Crippen LogP contribution in [0.4, 0.5) is 0 Å². The third-order valence-electron chi connectivity index (χ3n) is 2.73. The van der Waals surface area contributed by atoms with E-state index in [2.05, 4.69) is 23.9 Å². The van der Waals surface area contributed by atoms with E-state index in [0.717, 1.165) is 19.5 Å². The summed E-state index contributed by atoms with van der Waals surface area (Å²) < 4.78 is 23.2. The SMILES string of the molecule is CC(=O)ON(C)/C(N)=N/P(=O)(O)OOC(O)OC(=O)CCc1ccccc1. The molecule has 27 heavy (non-hydrogen) atoms. The highest BCUT2D eigenvalue weighted by Gasteiger charge is 2.25. The molecule has 1 aromatic rings. The van der Waals surface area contributed by atoms with Gasteiger partial charge in [0.15, 0.2) is 0 Å². The lowest BCUT2D eigenvalue weighted by Crippen LogP contribution is -2.35. The van der Waals surface area contributed by atoms with E-state index in [1.807, 2.05) is 6.07 Å². The maximum Gasteiger partial charge on any atom is 0.481 e. The molecule has 0 radical (unpaired) electrons. The molecule has 2 unspecified atom stereocenters. The minimum absolute atomic E-state index is 0.0699. The lowest BCUT2D eigenvalue weighted by atomic mass is 10.1. The first-order chi connectivity index (χ1) is 12.6. The smallest absolute Gasteiger partial charge is 0.408 e. The van der Waals surface area contributed by atoms with Crippen LogP contribution in [0.5, 0.6) is 0 Å². The van der Waals surface area contributed by atoms with Gasteiger partial charge in [-0.1, -0.05) is 30.3 Å². The van der Waals surface area contributed by atoms with Crippen molar-refractivity contribution in [2.75, 3.05) is 7.05 Å². The van der Waals surface area contributed by atoms with Gasteiger partial charge in [0.1, 0.15) is 0 Å². The molecule has 0 amide bonds. The van der Waals surface area contributed by atoms with Gasteiger partial charge in [-0.15, -0.1) is 9.44 Å². The van der Waals surface area contributed by atoms with Gasteiger partial charge in [0.2, 0.25) is 5.96 Å². The first-order valence-electron chi connectivity index (χ1n) is 7.46. The first-order valence-corrected chi connectivity index (χ1v) is 8.99. The van der Waals surface area contributed by atoms with Crippen molar-refractivity contribution < 1.29 is 43.3 Å². The van der Waals surface area contributed by atoms with Gasteiger partial charge in [-0.25, -0.2) is 4.57 Å². The fourth-order valence-corrected chi connectivity index (χ4v) is 2.23. The van der Waals surface area contributed by atoms with Crippen molar-refractivity contribution in [1.29, 1.82) is 0 Å². The molecule has 4 N–H and O–H groups in total. The van der Waals surface area contributed by atoms with E-state index in [9.17, 15) is 24.2 Å². The van der Waals surface area contributed by atoms with Crippen molar-refractivity contribution >= 4 is 25.6 Å². The number of carbonyl (C=O) groups is 2. The molecule has 1 rings (SSSR count). The number of hydrogen-bond acceptors (Lipinski definition) is 8. The molecule has 0 saturated heterocycles. The van der Waals surface area contributed by atoms with Crippen molar-refractivity contribution in [2.24, 2.45) is 10.5 Å². The number of ether oxygens (including phenoxy) is 1. The van der Waals surface area contributed by atoms with E-state index in [4.69, 9.17) is 5.73 Å². The Labute approximate surface area is 154 Å². The van der Waals surface area contributed by atoms with Crippen molar-refractivity contribution in [3.8, 4) is 0 Å². The molecule has 0 saturated carbocycles. The van der Waals surface area contributed by atoms with Crippen LogP contribution in [0.2, 0.25) is 0 Å². The van der Waals surface area contributed by atoms with Gasteiger partial charge >= 0.3 is 26.2 Å². The standard InChI is InChI=1S/C14H20N3O9P/c1-10(18)24-17(2)13(15)16-27(21,22)26-25-14(20)23-12(19)9-8-11-6-4-3-5-7-11/h3-7,14,20H,8-9H2,1-2H3,(H3,15,16,21,22). The molecule has 0 aliphatic heterocycles. The summed E-state index contributed by atoms with van der Waals surface area (Å²) in [7, 11) is -3.71. The minimum atomic E-state index is -4.85. The number of aliphatic hydroxyl groups excluding tert-OH is 1. The summed E-state index contributed by atoms with van der Waals surface area (Å²) in [5, 5.41) is 9.97. The lowest BCUT2D eigenvalue weighted by molar-refractivity contribution is -0.381. The lowest BCUT2D eigenvalue weighted by Gasteiger charge is -2.17. The predicted octanol–water partition coefficient (Wildman–Crippen LogP) is 0.211. The number of rotatable bonds is 8. The van der Waals surface area contributed by atoms with Gasteiger partial charge in [0, 0.05) is 20.4 Å². The van der Waals surface area contributed by atoms with Gasteiger partial charge in [0.05, 0.1) is 0 Å². The van der Waals surface area contributed by atoms with Crippen LogP contribution < -0.4 is 5.73 Å². The van der Waals surface area contributed by atoms with Crippen LogP contribution in [0.3, 0.4) is 0 Å². The fourth-order valence-electron chi connectivity index (χ4n) is 1.62. The highest BCUT2D eigenvalue weighted by Crippen LogP contribution is 2.44. The van der Waals surface area contributed by atoms with Crippen molar-refractivity contribution in [1.82, 2.24) is 5.06 Å². The van der Waals surface area contributed by atoms with Crippen LogP contribution in [-0.2, 0) is 39.7 Å². The molecular weight excluding hydrogens is 385 g/mol. The highest BCUT2D eigenvalue weighted by molar-refractivity contribution is 7.51. The Kier molecular flexibility index (Phi) is 8.85. The van der Waals surface area contributed by atoms with Gasteiger partial charge in [-0.3, -0.25) is 9.59 Å². The molecule has 13 heteroatoms. The number of guanidine groups is 1. The second kappa shape index (κ2) is 10.6. The van der Waals surface area contributed by atoms with Crippen LogP contribution in [-0.4, -0.2) is 46.5 Å². The third-order valence-corrected chi connectivity index (χ3v) is 3.47. The van der Waals surface area contributed by atoms with Gasteiger partial charge in [-0.05, 0) is 12.0 Å². The van der Waals surface area contributed by atoms with Crippen molar-refractivity contribution in [3.05, 3.63) is 35.9 Å². The number of aryl methyl sites for hydroxylation is 1. The Morgan fingerprint density at radius 3 is 2.56 bits per heavy atom. The van der Waals surface area contributed by atoms with E-state index in [0.29, 0.717) is 11.5 Å². The largest absolute Gasteiger partial charge is 0.481 e. The molecule has 0 aromatic heterocycles. The van der Waals surface area contributed by atoms with Crippen LogP contribution in [0.15, 0.2) is 35.1 Å². The molecule has 0 spiro atoms. The van der Waals surface area contributed by atoms with Gasteiger partial charge in [-0.2, -0.15) is 9.95 Å². The molecule has 0 bridgehead atoms. The average Bonchev–Trinajstić information content (AvgIpc) is 2.58. The van der Waals surface area contributed by atoms with Gasteiger partial charge < -0.3 is 25.3 Å². The summed E-state index contributed by atoms with van der Waals surface area (Å²) in [5.41, 5.74) is 6.19. The maximum atomic E-state index is 11.6. The number of carbonyl (C=O) groups excluding carboxylic acids is 2. The monoisotopic (exact) mass is 405 g/mol. The van der Waals surface area contributed by atoms with Crippen LogP contribution in [0.25, 0.3) is 0 Å². The van der Waals surface area contributed by atoms with E-state index in [1.165, 1.54) is 0 Å². The van der Waals surface area contributed by atoms with Gasteiger partial charge in [0.25, 0.3) is 0 Å². The number of aliphatic hydroxyl groups is 1. The average molecular weight is 405 g/mol. The zero-order valence-electron chi connectivity index (χ0n) is 14.5. The number of benzene rings is 1. The summed E-state index contributed by atoms with van der Waals surface area (Å²) >= 11 is 0. The van der Waals surface area contributed by atoms with Crippen LogP contribution >= 0.6 is 7.75 Å². The Balaban J connectivity index is 2.42. The predicted molar refractivity (Wildman–Crippen MR) is 90.0 cm³/mol. The Hall–Kier alpha value is -2.50. The summed E-state index contributed by atoms with van der Waals surface area (Å²) in [6.45, 7) is -1.19. The summed E-state index contributed by atoms with van der Waals surface area (Å²) in [6.07, 6.45) is 0.286. The summed E-state index contributed by atoms with van der Waals surface area (Å²) in [4.78, 5) is 40.3. The number of esters is 1. The molecule has 0 aliphatic rings. The number of nitrogens with zero attached hydrogens (tertiary/aromatic N) is 2. The van der Waals surface area contributed by atoms with Crippen LogP contribution in [0, 0.1) is 0 Å². The maximum absolute atomic E-state index is 11.6. The van der Waals surface area contributed by atoms with Crippen molar-refractivity contribution in [2.45, 2.75) is 26.2 Å². The topological polar surface area (TPSA) is 170 Å². The summed E-state index contributed by atoms with van der Waals surface area (Å²) in [5.74, 6) is -2.27. The fraction of sp³-hybridized carbons (Fsp3) is 0.357. The number of hydroxylamine groups is 2. The normalized spacial score (nSPS) is 14.7. The second-order valence-electron chi connectivity index (χ2n) is 4.98. The minimum Gasteiger partial charge on any atom is -0.408 e. The van der Waals surface area contributed by atoms with E-state index in [-0.39, 0.29) is 6.42 Å². The van der Waals surface area contributed by atoms with E-state index >= 15 is 0 Å². The number of nitrogens with two attached hydrogens (primary N) is 1. The molecule has 12 nitrogen and oxygen atoms in total. The Morgan fingerprint density at radius 2 is 1.96 bits per heavy atom.